The fourth-order valence-electron chi connectivity index (χ4n) is 2.07. The Morgan fingerprint density at radius 2 is 1.92 bits per heavy atom. The van der Waals surface area contributed by atoms with Gasteiger partial charge in [0.25, 0.3) is 11.8 Å². The molecule has 24 heavy (non-hydrogen) atoms. The van der Waals surface area contributed by atoms with Crippen molar-refractivity contribution in [3.8, 4) is 11.5 Å². The summed E-state index contributed by atoms with van der Waals surface area (Å²) in [6, 6.07) is 4.40. The van der Waals surface area contributed by atoms with Gasteiger partial charge in [0.15, 0.2) is 18.1 Å². The average molecular weight is 338 g/mol. The van der Waals surface area contributed by atoms with Gasteiger partial charge in [-0.3, -0.25) is 14.4 Å². The molecule has 1 aromatic rings. The zero-order chi connectivity index (χ0) is 18.3. The van der Waals surface area contributed by atoms with Crippen molar-refractivity contribution < 1.29 is 29.0 Å². The van der Waals surface area contributed by atoms with Crippen LogP contribution in [0.15, 0.2) is 18.2 Å². The van der Waals surface area contributed by atoms with Crippen molar-refractivity contribution in [1.82, 2.24) is 4.90 Å². The summed E-state index contributed by atoms with van der Waals surface area (Å²) in [5.41, 5.74) is 5.29. The summed E-state index contributed by atoms with van der Waals surface area (Å²) in [6.07, 6.45) is 0. The number of ether oxygens (including phenoxy) is 2. The van der Waals surface area contributed by atoms with Crippen LogP contribution in [0.25, 0.3) is 0 Å². The molecule has 0 aliphatic rings. The van der Waals surface area contributed by atoms with E-state index in [2.05, 4.69) is 0 Å². The number of hydrogen-bond donors (Lipinski definition) is 2. The van der Waals surface area contributed by atoms with E-state index in [1.54, 1.807) is 0 Å². The van der Waals surface area contributed by atoms with Gasteiger partial charge in [-0.05, 0) is 24.1 Å². The second kappa shape index (κ2) is 8.76. The van der Waals surface area contributed by atoms with E-state index >= 15 is 0 Å². The van der Waals surface area contributed by atoms with E-state index in [0.717, 1.165) is 0 Å². The second-order valence-electron chi connectivity index (χ2n) is 5.59. The Kier molecular flexibility index (Phi) is 7.03. The monoisotopic (exact) mass is 338 g/mol. The molecule has 0 saturated carbocycles. The third-order valence-electron chi connectivity index (χ3n) is 2.98. The van der Waals surface area contributed by atoms with Crippen molar-refractivity contribution >= 4 is 17.8 Å². The Bertz CT molecular complexity index is 615. The highest BCUT2D eigenvalue weighted by molar-refractivity contribution is 5.96. The minimum Gasteiger partial charge on any atom is -0.493 e. The van der Waals surface area contributed by atoms with Gasteiger partial charge in [0.1, 0.15) is 6.54 Å². The van der Waals surface area contributed by atoms with Crippen LogP contribution in [0.5, 0.6) is 11.5 Å². The lowest BCUT2D eigenvalue weighted by atomic mass is 10.1. The van der Waals surface area contributed by atoms with Crippen LogP contribution in [-0.4, -0.2) is 54.6 Å². The fourth-order valence-corrected chi connectivity index (χ4v) is 2.07. The molecule has 0 heterocycles. The molecule has 1 aromatic carbocycles. The fraction of sp³-hybridized carbons (Fsp3) is 0.438. The number of carbonyl (C=O) groups is 3. The molecule has 0 aliphatic carbocycles. The molecule has 0 fully saturated rings. The maximum atomic E-state index is 12.6. The van der Waals surface area contributed by atoms with Crippen molar-refractivity contribution in [1.29, 1.82) is 0 Å². The van der Waals surface area contributed by atoms with Crippen molar-refractivity contribution in [2.75, 3.05) is 26.8 Å². The summed E-state index contributed by atoms with van der Waals surface area (Å²) in [5.74, 6) is -1.51. The summed E-state index contributed by atoms with van der Waals surface area (Å²) < 4.78 is 10.3. The highest BCUT2D eigenvalue weighted by atomic mass is 16.5. The molecule has 8 heteroatoms. The summed E-state index contributed by atoms with van der Waals surface area (Å²) in [5, 5.41) is 8.98. The standard InChI is InChI=1S/C16H22N2O6/c1-10(2)7-18(8-15(20)21)16(22)11-4-5-12(13(6-11)23-3)24-9-14(17)19/h4-6,10H,7-9H2,1-3H3,(H2,17,19)(H,20,21). The lowest BCUT2D eigenvalue weighted by Crippen LogP contribution is -2.38. The van der Waals surface area contributed by atoms with Crippen LogP contribution in [0.3, 0.4) is 0 Å². The minimum atomic E-state index is -1.09. The van der Waals surface area contributed by atoms with Crippen LogP contribution in [-0.2, 0) is 9.59 Å². The van der Waals surface area contributed by atoms with E-state index < -0.39 is 17.8 Å². The molecule has 132 valence electrons. The molecule has 0 aliphatic heterocycles. The van der Waals surface area contributed by atoms with Gasteiger partial charge in [0.05, 0.1) is 7.11 Å². The van der Waals surface area contributed by atoms with Gasteiger partial charge >= 0.3 is 5.97 Å². The molecular weight excluding hydrogens is 316 g/mol. The number of carboxylic acid groups (broad SMARTS) is 1. The van der Waals surface area contributed by atoms with Crippen molar-refractivity contribution in [2.45, 2.75) is 13.8 Å². The largest absolute Gasteiger partial charge is 0.493 e. The molecule has 0 bridgehead atoms. The molecule has 1 rings (SSSR count). The van der Waals surface area contributed by atoms with Crippen LogP contribution in [0.1, 0.15) is 24.2 Å². The highest BCUT2D eigenvalue weighted by Gasteiger charge is 2.21. The number of aliphatic carboxylic acids is 1. The maximum Gasteiger partial charge on any atom is 0.323 e. The molecular formula is C16H22N2O6. The van der Waals surface area contributed by atoms with Gasteiger partial charge in [0, 0.05) is 12.1 Å². The topological polar surface area (TPSA) is 119 Å². The molecule has 0 unspecified atom stereocenters. The average Bonchev–Trinajstić information content (AvgIpc) is 2.50. The molecule has 0 atom stereocenters. The normalized spacial score (nSPS) is 10.3. The van der Waals surface area contributed by atoms with Crippen LogP contribution in [0.4, 0.5) is 0 Å². The molecule has 0 radical (unpaired) electrons. The van der Waals surface area contributed by atoms with E-state index in [4.69, 9.17) is 20.3 Å². The second-order valence-corrected chi connectivity index (χ2v) is 5.59. The van der Waals surface area contributed by atoms with E-state index in [-0.39, 0.29) is 36.1 Å². The first kappa shape index (κ1) is 19.3. The van der Waals surface area contributed by atoms with Gasteiger partial charge in [-0.2, -0.15) is 0 Å². The minimum absolute atomic E-state index is 0.119. The number of carboxylic acids is 1. The summed E-state index contributed by atoms with van der Waals surface area (Å²) in [7, 11) is 1.39. The van der Waals surface area contributed by atoms with E-state index in [9.17, 15) is 14.4 Å². The van der Waals surface area contributed by atoms with E-state index in [1.807, 2.05) is 13.8 Å². The Morgan fingerprint density at radius 1 is 1.25 bits per heavy atom. The SMILES string of the molecule is COc1cc(C(=O)N(CC(=O)O)CC(C)C)ccc1OCC(N)=O. The Morgan fingerprint density at radius 3 is 2.42 bits per heavy atom. The van der Waals surface area contributed by atoms with Gasteiger partial charge in [-0.25, -0.2) is 0 Å². The predicted molar refractivity (Wildman–Crippen MR) is 86.1 cm³/mol. The zero-order valence-corrected chi connectivity index (χ0v) is 13.9. The molecule has 2 amide bonds. The lowest BCUT2D eigenvalue weighted by Gasteiger charge is -2.23. The van der Waals surface area contributed by atoms with Gasteiger partial charge in [-0.1, -0.05) is 13.8 Å². The first-order valence-electron chi connectivity index (χ1n) is 7.34. The van der Waals surface area contributed by atoms with Crippen molar-refractivity contribution in [3.05, 3.63) is 23.8 Å². The Hall–Kier alpha value is -2.77. The number of benzene rings is 1. The van der Waals surface area contributed by atoms with Crippen molar-refractivity contribution in [3.63, 3.8) is 0 Å². The number of amides is 2. The zero-order valence-electron chi connectivity index (χ0n) is 13.9. The predicted octanol–water partition coefficient (Wildman–Crippen LogP) is 0.742. The van der Waals surface area contributed by atoms with Gasteiger partial charge < -0.3 is 25.2 Å². The summed E-state index contributed by atoms with van der Waals surface area (Å²) in [4.78, 5) is 35.6. The molecule has 0 aromatic heterocycles. The maximum absolute atomic E-state index is 12.6. The van der Waals surface area contributed by atoms with Gasteiger partial charge in [-0.15, -0.1) is 0 Å². The van der Waals surface area contributed by atoms with E-state index in [1.165, 1.54) is 30.2 Å². The molecule has 0 saturated heterocycles. The highest BCUT2D eigenvalue weighted by Crippen LogP contribution is 2.28. The van der Waals surface area contributed by atoms with E-state index in [0.29, 0.717) is 6.54 Å². The number of nitrogens with two attached hydrogens (primary N) is 1. The number of methoxy groups -OCH3 is 1. The lowest BCUT2D eigenvalue weighted by molar-refractivity contribution is -0.137. The molecule has 3 N–H and O–H groups in total. The number of nitrogens with zero attached hydrogens (tertiary/aromatic N) is 1. The Labute approximate surface area is 140 Å². The molecule has 0 spiro atoms. The first-order chi connectivity index (χ1) is 11.2. The Balaban J connectivity index is 3.03. The van der Waals surface area contributed by atoms with Crippen molar-refractivity contribution in [2.24, 2.45) is 11.7 Å². The molecule has 8 nitrogen and oxygen atoms in total. The van der Waals surface area contributed by atoms with Crippen LogP contribution >= 0.6 is 0 Å². The number of rotatable bonds is 9. The number of primary amides is 1. The van der Waals surface area contributed by atoms with Crippen LogP contribution < -0.4 is 15.2 Å². The quantitative estimate of drug-likeness (QED) is 0.685. The number of carbonyl (C=O) groups excluding carboxylic acids is 2. The summed E-state index contributed by atoms with van der Waals surface area (Å²) in [6.45, 7) is 3.39. The van der Waals surface area contributed by atoms with Gasteiger partial charge in [0.2, 0.25) is 0 Å². The van der Waals surface area contributed by atoms with Crippen LogP contribution in [0.2, 0.25) is 0 Å². The first-order valence-corrected chi connectivity index (χ1v) is 7.34. The number of hydrogen-bond acceptors (Lipinski definition) is 5. The third-order valence-corrected chi connectivity index (χ3v) is 2.98. The smallest absolute Gasteiger partial charge is 0.323 e. The summed E-state index contributed by atoms with van der Waals surface area (Å²) >= 11 is 0. The third kappa shape index (κ3) is 5.79. The van der Waals surface area contributed by atoms with Crippen LogP contribution in [0, 0.1) is 5.92 Å².